The number of nitrogens with one attached hydrogen (secondary N) is 1. The first-order valence-corrected chi connectivity index (χ1v) is 7.12. The van der Waals surface area contributed by atoms with Gasteiger partial charge in [0.2, 0.25) is 0 Å². The van der Waals surface area contributed by atoms with Crippen molar-refractivity contribution >= 4 is 23.6 Å². The smallest absolute Gasteiger partial charge is 0.195 e. The standard InChI is InChI=1S/C12H11N5S2/c18-12-16-15-11(9-2-1-4-13-6-9)17(12)5-3-10-7-19-8-14-10/h1-2,4,6-8H,3,5H2,(H,16,18). The summed E-state index contributed by atoms with van der Waals surface area (Å²) in [5.41, 5.74) is 3.87. The number of aryl methyl sites for hydroxylation is 1. The summed E-state index contributed by atoms with van der Waals surface area (Å²) in [7, 11) is 0. The minimum Gasteiger partial charge on any atom is -0.300 e. The van der Waals surface area contributed by atoms with Crippen LogP contribution < -0.4 is 0 Å². The lowest BCUT2D eigenvalue weighted by Crippen LogP contribution is -2.04. The largest absolute Gasteiger partial charge is 0.300 e. The molecule has 3 heterocycles. The zero-order valence-corrected chi connectivity index (χ0v) is 11.6. The summed E-state index contributed by atoms with van der Waals surface area (Å²) in [6.07, 6.45) is 4.36. The van der Waals surface area contributed by atoms with Crippen LogP contribution in [0.1, 0.15) is 5.69 Å². The van der Waals surface area contributed by atoms with Gasteiger partial charge in [-0.15, -0.1) is 11.3 Å². The van der Waals surface area contributed by atoms with E-state index in [1.807, 2.05) is 27.6 Å². The second-order valence-electron chi connectivity index (χ2n) is 3.98. The normalized spacial score (nSPS) is 10.7. The van der Waals surface area contributed by atoms with Crippen LogP contribution in [0.25, 0.3) is 11.4 Å². The van der Waals surface area contributed by atoms with Crippen molar-refractivity contribution in [3.63, 3.8) is 0 Å². The van der Waals surface area contributed by atoms with E-state index in [0.717, 1.165) is 30.0 Å². The van der Waals surface area contributed by atoms with E-state index in [-0.39, 0.29) is 0 Å². The van der Waals surface area contributed by atoms with Gasteiger partial charge >= 0.3 is 0 Å². The van der Waals surface area contributed by atoms with Gasteiger partial charge in [-0.25, -0.2) is 4.98 Å². The van der Waals surface area contributed by atoms with Crippen LogP contribution in [-0.2, 0) is 13.0 Å². The molecule has 3 aromatic rings. The van der Waals surface area contributed by atoms with Gasteiger partial charge in [-0.1, -0.05) is 0 Å². The fraction of sp³-hybridized carbons (Fsp3) is 0.167. The van der Waals surface area contributed by atoms with Crippen LogP contribution in [0.15, 0.2) is 35.4 Å². The molecule has 0 unspecified atom stereocenters. The topological polar surface area (TPSA) is 59.4 Å². The van der Waals surface area contributed by atoms with Crippen LogP contribution in [0.4, 0.5) is 0 Å². The first-order valence-electron chi connectivity index (χ1n) is 5.77. The monoisotopic (exact) mass is 289 g/mol. The molecule has 5 nitrogen and oxygen atoms in total. The van der Waals surface area contributed by atoms with E-state index >= 15 is 0 Å². The van der Waals surface area contributed by atoms with Crippen LogP contribution in [-0.4, -0.2) is 24.7 Å². The number of hydrogen-bond acceptors (Lipinski definition) is 5. The average Bonchev–Trinajstić information content (AvgIpc) is 3.07. The zero-order chi connectivity index (χ0) is 13.1. The lowest BCUT2D eigenvalue weighted by atomic mass is 10.2. The average molecular weight is 289 g/mol. The number of aromatic amines is 1. The molecule has 0 aliphatic carbocycles. The third kappa shape index (κ3) is 2.61. The summed E-state index contributed by atoms with van der Waals surface area (Å²) in [6, 6.07) is 3.86. The van der Waals surface area contributed by atoms with E-state index in [4.69, 9.17) is 12.2 Å². The first-order chi connectivity index (χ1) is 9.34. The van der Waals surface area contributed by atoms with Gasteiger partial charge in [0.05, 0.1) is 11.2 Å². The van der Waals surface area contributed by atoms with E-state index in [9.17, 15) is 0 Å². The Kier molecular flexibility index (Phi) is 3.47. The van der Waals surface area contributed by atoms with E-state index in [1.165, 1.54) is 0 Å². The third-order valence-electron chi connectivity index (χ3n) is 2.75. The van der Waals surface area contributed by atoms with Gasteiger partial charge in [0, 0.05) is 36.3 Å². The number of H-pyrrole nitrogens is 1. The molecule has 19 heavy (non-hydrogen) atoms. The molecule has 0 aliphatic heterocycles. The number of nitrogens with zero attached hydrogens (tertiary/aromatic N) is 4. The maximum absolute atomic E-state index is 5.27. The lowest BCUT2D eigenvalue weighted by molar-refractivity contribution is 0.683. The van der Waals surface area contributed by atoms with Crippen molar-refractivity contribution in [2.24, 2.45) is 0 Å². The van der Waals surface area contributed by atoms with Crippen molar-refractivity contribution in [1.29, 1.82) is 0 Å². The van der Waals surface area contributed by atoms with Gasteiger partial charge in [-0.3, -0.25) is 14.6 Å². The van der Waals surface area contributed by atoms with Crippen LogP contribution >= 0.6 is 23.6 Å². The number of rotatable bonds is 4. The first kappa shape index (κ1) is 12.2. The molecular formula is C12H11N5S2. The Bertz CT molecular complexity index is 699. The van der Waals surface area contributed by atoms with Crippen molar-refractivity contribution in [3.05, 3.63) is 45.9 Å². The van der Waals surface area contributed by atoms with Crippen molar-refractivity contribution in [2.75, 3.05) is 0 Å². The molecule has 0 saturated carbocycles. The minimum absolute atomic E-state index is 0.620. The van der Waals surface area contributed by atoms with Crippen molar-refractivity contribution in [3.8, 4) is 11.4 Å². The SMILES string of the molecule is S=c1[nH]nc(-c2cccnc2)n1CCc1cscn1. The minimum atomic E-state index is 0.620. The molecule has 7 heteroatoms. The predicted octanol–water partition coefficient (Wildman–Crippen LogP) is 2.70. The number of aromatic nitrogens is 5. The maximum atomic E-state index is 5.27. The summed E-state index contributed by atoms with van der Waals surface area (Å²) in [5, 5.41) is 9.16. The Labute approximate surface area is 119 Å². The molecule has 0 saturated heterocycles. The molecule has 0 bridgehead atoms. The summed E-state index contributed by atoms with van der Waals surface area (Å²) < 4.78 is 2.60. The molecular weight excluding hydrogens is 278 g/mol. The van der Waals surface area contributed by atoms with E-state index in [1.54, 1.807) is 23.7 Å². The highest BCUT2D eigenvalue weighted by molar-refractivity contribution is 7.71. The van der Waals surface area contributed by atoms with Crippen LogP contribution in [0, 0.1) is 4.77 Å². The van der Waals surface area contributed by atoms with Crippen LogP contribution in [0.3, 0.4) is 0 Å². The van der Waals surface area contributed by atoms with E-state index in [2.05, 4.69) is 20.2 Å². The molecule has 0 atom stereocenters. The van der Waals surface area contributed by atoms with Gasteiger partial charge < -0.3 is 0 Å². The van der Waals surface area contributed by atoms with Crippen molar-refractivity contribution in [2.45, 2.75) is 13.0 Å². The molecule has 0 aromatic carbocycles. The Morgan fingerprint density at radius 3 is 3.11 bits per heavy atom. The molecule has 0 fully saturated rings. The third-order valence-corrected chi connectivity index (χ3v) is 3.70. The zero-order valence-electron chi connectivity index (χ0n) is 9.98. The lowest BCUT2D eigenvalue weighted by Gasteiger charge is -2.05. The number of thiazole rings is 1. The van der Waals surface area contributed by atoms with Crippen LogP contribution in [0.5, 0.6) is 0 Å². The van der Waals surface area contributed by atoms with Gasteiger partial charge in [-0.2, -0.15) is 5.10 Å². The fourth-order valence-electron chi connectivity index (χ4n) is 1.83. The highest BCUT2D eigenvalue weighted by Crippen LogP contribution is 2.16. The number of pyridine rings is 1. The Balaban J connectivity index is 1.89. The molecule has 0 aliphatic rings. The Morgan fingerprint density at radius 1 is 1.42 bits per heavy atom. The summed E-state index contributed by atoms with van der Waals surface area (Å²) >= 11 is 6.88. The quantitative estimate of drug-likeness (QED) is 0.750. The Morgan fingerprint density at radius 2 is 2.37 bits per heavy atom. The van der Waals surface area contributed by atoms with Gasteiger partial charge in [-0.05, 0) is 24.4 Å². The summed E-state index contributed by atoms with van der Waals surface area (Å²) in [4.78, 5) is 8.39. The van der Waals surface area contributed by atoms with Crippen molar-refractivity contribution in [1.82, 2.24) is 24.7 Å². The second-order valence-corrected chi connectivity index (χ2v) is 5.08. The fourth-order valence-corrected chi connectivity index (χ4v) is 2.64. The van der Waals surface area contributed by atoms with E-state index in [0.29, 0.717) is 4.77 Å². The van der Waals surface area contributed by atoms with E-state index < -0.39 is 0 Å². The van der Waals surface area contributed by atoms with Gasteiger partial charge in [0.15, 0.2) is 10.6 Å². The van der Waals surface area contributed by atoms with Gasteiger partial charge in [0.1, 0.15) is 0 Å². The predicted molar refractivity (Wildman–Crippen MR) is 76.5 cm³/mol. The van der Waals surface area contributed by atoms with Gasteiger partial charge in [0.25, 0.3) is 0 Å². The van der Waals surface area contributed by atoms with Crippen LogP contribution in [0.2, 0.25) is 0 Å². The molecule has 3 aromatic heterocycles. The summed E-state index contributed by atoms with van der Waals surface area (Å²) in [6.45, 7) is 0.753. The Hall–Kier alpha value is -1.86. The maximum Gasteiger partial charge on any atom is 0.195 e. The number of hydrogen-bond donors (Lipinski definition) is 1. The summed E-state index contributed by atoms with van der Waals surface area (Å²) in [5.74, 6) is 0.813. The molecule has 0 amide bonds. The molecule has 1 N–H and O–H groups in total. The second kappa shape index (κ2) is 5.41. The molecule has 96 valence electrons. The highest BCUT2D eigenvalue weighted by Gasteiger charge is 2.09. The highest BCUT2D eigenvalue weighted by atomic mass is 32.1. The molecule has 3 rings (SSSR count). The molecule has 0 radical (unpaired) electrons. The molecule has 0 spiro atoms. The van der Waals surface area contributed by atoms with Crippen molar-refractivity contribution < 1.29 is 0 Å².